The van der Waals surface area contributed by atoms with Gasteiger partial charge in [-0.15, -0.1) is 0 Å². The number of carbonyl (C=O) groups is 1. The molecule has 0 bridgehead atoms. The molecule has 2 aromatic heterocycles. The van der Waals surface area contributed by atoms with Crippen LogP contribution in [0.2, 0.25) is 0 Å². The summed E-state index contributed by atoms with van der Waals surface area (Å²) >= 11 is 0. The molecule has 0 spiro atoms. The van der Waals surface area contributed by atoms with E-state index in [9.17, 15) is 18.0 Å². The van der Waals surface area contributed by atoms with Crippen molar-refractivity contribution in [3.63, 3.8) is 0 Å². The minimum absolute atomic E-state index is 0.00916. The first-order valence-corrected chi connectivity index (χ1v) is 8.79. The molecule has 3 aromatic rings. The number of anilines is 1. The van der Waals surface area contributed by atoms with Gasteiger partial charge in [0.1, 0.15) is 5.65 Å². The number of aromatic amines is 2. The van der Waals surface area contributed by atoms with Crippen molar-refractivity contribution in [3.8, 4) is 0 Å². The number of hydrogen-bond donors (Lipinski definition) is 4. The first-order valence-electron chi connectivity index (χ1n) is 7.35. The highest BCUT2D eigenvalue weighted by molar-refractivity contribution is 7.89. The Kier molecular flexibility index (Phi) is 4.26. The monoisotopic (exact) mass is 377 g/mol. The summed E-state index contributed by atoms with van der Waals surface area (Å²) in [4.78, 5) is 31.8. The molecule has 0 atom stereocenters. The van der Waals surface area contributed by atoms with E-state index >= 15 is 0 Å². The van der Waals surface area contributed by atoms with E-state index in [0.717, 1.165) is 4.31 Å². The van der Waals surface area contributed by atoms with E-state index in [4.69, 9.17) is 10.8 Å². The Balaban J connectivity index is 1.88. The Morgan fingerprint density at radius 2 is 1.92 bits per heavy atom. The number of hydrogen-bond acceptors (Lipinski definition) is 6. The third-order valence-electron chi connectivity index (χ3n) is 3.77. The highest BCUT2D eigenvalue weighted by atomic mass is 32.2. The van der Waals surface area contributed by atoms with Crippen molar-refractivity contribution in [3.05, 3.63) is 51.9 Å². The molecule has 0 radical (unpaired) electrons. The summed E-state index contributed by atoms with van der Waals surface area (Å²) < 4.78 is 26.3. The number of carboxylic acid groups (broad SMARTS) is 1. The summed E-state index contributed by atoms with van der Waals surface area (Å²) in [5.74, 6) is -1.19. The smallest absolute Gasteiger partial charge is 0.335 e. The van der Waals surface area contributed by atoms with Crippen molar-refractivity contribution in [2.45, 2.75) is 11.4 Å². The Hall–Kier alpha value is -3.18. The molecule has 0 saturated carbocycles. The molecule has 26 heavy (non-hydrogen) atoms. The minimum Gasteiger partial charge on any atom is -0.478 e. The molecule has 0 aliphatic heterocycles. The van der Waals surface area contributed by atoms with Crippen molar-refractivity contribution in [2.24, 2.45) is 0 Å². The zero-order chi connectivity index (χ0) is 19.1. The zero-order valence-corrected chi connectivity index (χ0v) is 14.4. The van der Waals surface area contributed by atoms with Gasteiger partial charge in [0.05, 0.1) is 22.4 Å². The number of nitrogens with two attached hydrogens (primary N) is 1. The van der Waals surface area contributed by atoms with E-state index in [2.05, 4.69) is 15.0 Å². The normalized spacial score (nSPS) is 11.9. The van der Waals surface area contributed by atoms with Crippen LogP contribution in [0.15, 0.2) is 40.0 Å². The number of nitrogens with one attached hydrogen (secondary N) is 2. The molecular formula is C15H15N5O5S. The maximum Gasteiger partial charge on any atom is 0.335 e. The molecule has 5 N–H and O–H groups in total. The summed E-state index contributed by atoms with van der Waals surface area (Å²) in [7, 11) is -2.47. The number of aromatic nitrogens is 3. The second-order valence-electron chi connectivity index (χ2n) is 5.60. The number of benzene rings is 1. The summed E-state index contributed by atoms with van der Waals surface area (Å²) in [6, 6.07) is 6.40. The van der Waals surface area contributed by atoms with E-state index < -0.39 is 21.6 Å². The standard InChI is InChI=1S/C15H15N5O5S/c1-20(26(24,25)10-4-2-8(3-5-10)14(22)23)7-9-6-11-12(17-9)18-15(16)19-13(11)21/h2-6H,7H2,1H3,(H,22,23)(H4,16,17,18,19,21). The highest BCUT2D eigenvalue weighted by Gasteiger charge is 2.22. The number of rotatable bonds is 5. The third kappa shape index (κ3) is 3.17. The molecule has 3 rings (SSSR count). The Morgan fingerprint density at radius 3 is 2.54 bits per heavy atom. The van der Waals surface area contributed by atoms with Crippen LogP contribution in [0.4, 0.5) is 5.95 Å². The van der Waals surface area contributed by atoms with Crippen LogP contribution in [0.5, 0.6) is 0 Å². The van der Waals surface area contributed by atoms with Crippen molar-refractivity contribution >= 4 is 33.0 Å². The van der Waals surface area contributed by atoms with Gasteiger partial charge in [-0.1, -0.05) is 0 Å². The summed E-state index contributed by atoms with van der Waals surface area (Å²) in [5.41, 5.74) is 5.76. The molecule has 0 aliphatic rings. The molecule has 136 valence electrons. The van der Waals surface area contributed by atoms with Gasteiger partial charge in [0.15, 0.2) is 0 Å². The first-order chi connectivity index (χ1) is 12.2. The molecule has 2 heterocycles. The number of H-pyrrole nitrogens is 2. The molecule has 11 heteroatoms. The Labute approximate surface area is 147 Å². The second-order valence-corrected chi connectivity index (χ2v) is 7.64. The minimum atomic E-state index is -3.85. The lowest BCUT2D eigenvalue weighted by Gasteiger charge is -2.16. The average Bonchev–Trinajstić information content (AvgIpc) is 2.97. The highest BCUT2D eigenvalue weighted by Crippen LogP contribution is 2.18. The van der Waals surface area contributed by atoms with E-state index in [0.29, 0.717) is 5.69 Å². The van der Waals surface area contributed by atoms with Gasteiger partial charge in [0, 0.05) is 12.7 Å². The number of sulfonamides is 1. The lowest BCUT2D eigenvalue weighted by Crippen LogP contribution is -2.26. The predicted molar refractivity (Wildman–Crippen MR) is 93.2 cm³/mol. The molecule has 0 saturated heterocycles. The number of nitrogen functional groups attached to an aromatic ring is 1. The number of carboxylic acids is 1. The summed E-state index contributed by atoms with van der Waals surface area (Å²) in [6.07, 6.45) is 0. The number of fused-ring (bicyclic) bond motifs is 1. The van der Waals surface area contributed by atoms with Crippen molar-refractivity contribution < 1.29 is 18.3 Å². The lowest BCUT2D eigenvalue weighted by molar-refractivity contribution is 0.0696. The Bertz CT molecular complexity index is 1150. The third-order valence-corrected chi connectivity index (χ3v) is 5.59. The van der Waals surface area contributed by atoms with Crippen LogP contribution in [0.25, 0.3) is 11.0 Å². The molecule has 1 aromatic carbocycles. The van der Waals surface area contributed by atoms with Crippen LogP contribution >= 0.6 is 0 Å². The molecule has 0 amide bonds. The van der Waals surface area contributed by atoms with Crippen LogP contribution in [-0.4, -0.2) is 45.8 Å². The van der Waals surface area contributed by atoms with Gasteiger partial charge in [-0.25, -0.2) is 13.2 Å². The van der Waals surface area contributed by atoms with Crippen molar-refractivity contribution in [1.29, 1.82) is 0 Å². The van der Waals surface area contributed by atoms with Crippen LogP contribution in [0.3, 0.4) is 0 Å². The van der Waals surface area contributed by atoms with Crippen LogP contribution in [0.1, 0.15) is 16.1 Å². The largest absolute Gasteiger partial charge is 0.478 e. The van der Waals surface area contributed by atoms with Crippen LogP contribution in [0, 0.1) is 0 Å². The lowest BCUT2D eigenvalue weighted by atomic mass is 10.2. The molecular weight excluding hydrogens is 362 g/mol. The second kappa shape index (κ2) is 6.28. The maximum absolute atomic E-state index is 12.6. The van der Waals surface area contributed by atoms with Gasteiger partial charge < -0.3 is 15.8 Å². The van der Waals surface area contributed by atoms with E-state index in [1.165, 1.54) is 37.4 Å². The van der Waals surface area contributed by atoms with Crippen molar-refractivity contribution in [2.75, 3.05) is 12.8 Å². The Morgan fingerprint density at radius 1 is 1.27 bits per heavy atom. The van der Waals surface area contributed by atoms with Gasteiger partial charge in [0.25, 0.3) is 5.56 Å². The molecule has 0 fully saturated rings. The summed E-state index contributed by atoms with van der Waals surface area (Å²) in [5, 5.41) is 9.16. The van der Waals surface area contributed by atoms with E-state index in [-0.39, 0.29) is 34.0 Å². The molecule has 0 unspecified atom stereocenters. The fourth-order valence-electron chi connectivity index (χ4n) is 2.45. The maximum atomic E-state index is 12.6. The fourth-order valence-corrected chi connectivity index (χ4v) is 3.60. The fraction of sp³-hybridized carbons (Fsp3) is 0.133. The van der Waals surface area contributed by atoms with Gasteiger partial charge in [0.2, 0.25) is 16.0 Å². The van der Waals surface area contributed by atoms with E-state index in [1.807, 2.05) is 0 Å². The van der Waals surface area contributed by atoms with Crippen LogP contribution in [-0.2, 0) is 16.6 Å². The number of nitrogens with zero attached hydrogens (tertiary/aromatic N) is 2. The zero-order valence-electron chi connectivity index (χ0n) is 13.6. The van der Waals surface area contributed by atoms with Crippen LogP contribution < -0.4 is 11.3 Å². The van der Waals surface area contributed by atoms with Gasteiger partial charge >= 0.3 is 5.97 Å². The predicted octanol–water partition coefficient (Wildman–Crippen LogP) is 0.352. The molecule has 10 nitrogen and oxygen atoms in total. The SMILES string of the molecule is CN(Cc1cc2c(=O)[nH]c(N)nc2[nH]1)S(=O)(=O)c1ccc(C(=O)O)cc1. The first kappa shape index (κ1) is 17.6. The van der Waals surface area contributed by atoms with Gasteiger partial charge in [-0.05, 0) is 30.3 Å². The van der Waals surface area contributed by atoms with Crippen molar-refractivity contribution in [1.82, 2.24) is 19.3 Å². The van der Waals surface area contributed by atoms with Gasteiger partial charge in [-0.3, -0.25) is 9.78 Å². The molecule has 0 aliphatic carbocycles. The van der Waals surface area contributed by atoms with Gasteiger partial charge in [-0.2, -0.15) is 9.29 Å². The van der Waals surface area contributed by atoms with E-state index in [1.54, 1.807) is 0 Å². The number of aromatic carboxylic acids is 1. The summed E-state index contributed by atoms with van der Waals surface area (Å²) in [6.45, 7) is -0.0429. The topological polar surface area (TPSA) is 162 Å². The quantitative estimate of drug-likeness (QED) is 0.498. The average molecular weight is 377 g/mol.